The molecule has 1 heterocycles. The fraction of sp³-hybridized carbons (Fsp3) is 0.226. The number of carbonyl (C=O) groups excluding carboxylic acids is 2. The Hall–Kier alpha value is -5.17. The van der Waals surface area contributed by atoms with Gasteiger partial charge in [-0.2, -0.15) is 0 Å². The van der Waals surface area contributed by atoms with Crippen molar-refractivity contribution >= 4 is 60.2 Å². The van der Waals surface area contributed by atoms with Gasteiger partial charge in [0.15, 0.2) is 8.32 Å². The van der Waals surface area contributed by atoms with Crippen LogP contribution < -0.4 is 15.9 Å². The minimum Gasteiger partial charge on any atom is -0.457 e. The molecular weight excluding hydrogens is 806 g/mol. The summed E-state index contributed by atoms with van der Waals surface area (Å²) in [4.78, 5) is 33.0. The van der Waals surface area contributed by atoms with Crippen LogP contribution in [0.2, 0.25) is 18.1 Å². The van der Waals surface area contributed by atoms with Crippen molar-refractivity contribution in [3.63, 3.8) is 0 Å². The summed E-state index contributed by atoms with van der Waals surface area (Å²) >= 11 is 1.66. The fourth-order valence-corrected chi connectivity index (χ4v) is 15.4. The lowest BCUT2D eigenvalue weighted by Gasteiger charge is -2.52. The van der Waals surface area contributed by atoms with Crippen LogP contribution in [-0.2, 0) is 23.5 Å². The van der Waals surface area contributed by atoms with E-state index >= 15 is 9.59 Å². The number of nitrogens with zero attached hydrogens (tertiary/aromatic N) is 1. The van der Waals surface area contributed by atoms with Gasteiger partial charge in [0.1, 0.15) is 17.3 Å². The average molecular weight is 862 g/mol. The molecule has 312 valence electrons. The lowest BCUT2D eigenvalue weighted by molar-refractivity contribution is -0.143. The first-order valence-electron chi connectivity index (χ1n) is 21.0. The highest BCUT2D eigenvalue weighted by Crippen LogP contribution is 2.56. The number of hydrogen-bond donors (Lipinski definition) is 0. The second kappa shape index (κ2) is 18.8. The van der Waals surface area contributed by atoms with E-state index in [0.29, 0.717) is 18.4 Å². The number of hydrogen-bond acceptors (Lipinski definition) is 5. The van der Waals surface area contributed by atoms with E-state index in [4.69, 9.17) is 9.16 Å². The summed E-state index contributed by atoms with van der Waals surface area (Å²) in [6.45, 7) is 12.4. The van der Waals surface area contributed by atoms with Crippen molar-refractivity contribution in [1.29, 1.82) is 0 Å². The maximum atomic E-state index is 15.9. The Morgan fingerprint density at radius 3 is 1.41 bits per heavy atom. The number of likely N-dealkylation sites (tertiary alicyclic amines) is 1. The molecule has 5 nitrogen and oxygen atoms in total. The number of ether oxygens (including phenoxy) is 1. The topological polar surface area (TPSA) is 55.8 Å². The van der Waals surface area contributed by atoms with Crippen molar-refractivity contribution in [3.8, 4) is 0 Å². The Morgan fingerprint density at radius 2 is 1.05 bits per heavy atom. The quantitative estimate of drug-likeness (QED) is 0.0242. The van der Waals surface area contributed by atoms with Gasteiger partial charge in [-0.1, -0.05) is 215 Å². The molecule has 7 rings (SSSR count). The van der Waals surface area contributed by atoms with Gasteiger partial charge in [0.2, 0.25) is 5.91 Å². The molecule has 1 saturated heterocycles. The fourth-order valence-electron chi connectivity index (χ4n) is 8.12. The molecule has 8 heteroatoms. The summed E-state index contributed by atoms with van der Waals surface area (Å²) in [5.74, 6) is -0.662. The molecule has 6 aromatic rings. The van der Waals surface area contributed by atoms with Gasteiger partial charge >= 0.3 is 5.97 Å². The highest BCUT2D eigenvalue weighted by molar-refractivity contribution is 8.02. The normalized spacial score (nSPS) is 15.8. The minimum atomic E-state index is -3.13. The van der Waals surface area contributed by atoms with Crippen molar-refractivity contribution in [2.24, 2.45) is 0 Å². The van der Waals surface area contributed by atoms with Crippen molar-refractivity contribution in [2.75, 3.05) is 13.2 Å². The van der Waals surface area contributed by atoms with Gasteiger partial charge in [0.05, 0.1) is 10.8 Å². The van der Waals surface area contributed by atoms with Crippen LogP contribution in [0.15, 0.2) is 195 Å². The zero-order chi connectivity index (χ0) is 43.1. The van der Waals surface area contributed by atoms with E-state index in [1.165, 1.54) is 0 Å². The van der Waals surface area contributed by atoms with E-state index < -0.39 is 37.2 Å². The zero-order valence-electron chi connectivity index (χ0n) is 35.8. The number of carbonyl (C=O) groups is 2. The monoisotopic (exact) mass is 861 g/mol. The second-order valence-corrected chi connectivity index (χ2v) is 26.4. The van der Waals surface area contributed by atoms with Crippen LogP contribution in [0.5, 0.6) is 0 Å². The molecule has 0 aliphatic carbocycles. The maximum absolute atomic E-state index is 15.9. The molecule has 0 bridgehead atoms. The van der Waals surface area contributed by atoms with E-state index in [2.05, 4.69) is 150 Å². The molecule has 1 aliphatic heterocycles. The zero-order valence-corrected chi connectivity index (χ0v) is 38.5. The number of esters is 1. The van der Waals surface area contributed by atoms with Gasteiger partial charge < -0.3 is 9.16 Å². The van der Waals surface area contributed by atoms with Gasteiger partial charge in [-0.25, -0.2) is 4.79 Å². The smallest absolute Gasteiger partial charge is 0.356 e. The number of β-lactam (4-membered cyclic amide) rings is 1. The van der Waals surface area contributed by atoms with Crippen LogP contribution in [0.3, 0.4) is 0 Å². The molecule has 1 fully saturated rings. The number of amides is 1. The molecule has 0 N–H and O–H groups in total. The predicted molar refractivity (Wildman–Crippen MR) is 260 cm³/mol. The number of thioether (sulfide) groups is 1. The Morgan fingerprint density at radius 1 is 0.672 bits per heavy atom. The van der Waals surface area contributed by atoms with Crippen LogP contribution in [-0.4, -0.2) is 55.0 Å². The van der Waals surface area contributed by atoms with E-state index in [9.17, 15) is 0 Å². The molecule has 1 aliphatic rings. The summed E-state index contributed by atoms with van der Waals surface area (Å²) in [7, 11) is -2.20. The molecule has 0 spiro atoms. The first-order valence-corrected chi connectivity index (χ1v) is 26.6. The lowest BCUT2D eigenvalue weighted by Crippen LogP contribution is -2.68. The molecule has 0 unspecified atom stereocenters. The van der Waals surface area contributed by atoms with E-state index in [0.717, 1.165) is 32.6 Å². The molecule has 0 aromatic heterocycles. The number of benzene rings is 6. The Labute approximate surface area is 368 Å². The Kier molecular flexibility index (Phi) is 13.6. The van der Waals surface area contributed by atoms with Crippen molar-refractivity contribution in [3.05, 3.63) is 211 Å². The SMILES string of the molecule is C=CCOC(=O)C(N1C(=O)[C@@H](SC(c2ccccc2)(c2ccccc2)c2ccccc2)[C@H]1CCO[Si](C)(C)C(C)(C)C)=P(c1ccccc1)(c1ccccc1)c1ccccc1. The molecule has 0 saturated carbocycles. The van der Waals surface area contributed by atoms with Gasteiger partial charge in [-0.3, -0.25) is 9.69 Å². The molecular formula is C53H56NO4PSSi. The predicted octanol–water partition coefficient (Wildman–Crippen LogP) is 10.6. The van der Waals surface area contributed by atoms with Crippen LogP contribution >= 0.6 is 18.6 Å². The second-order valence-electron chi connectivity index (χ2n) is 16.9. The van der Waals surface area contributed by atoms with Gasteiger partial charge in [0.25, 0.3) is 0 Å². The standard InChI is InChI=1S/C53H56NO4PSSi/c1-7-39-57-51(56)50(59(44-32-20-11-21-33-44,45-34-22-12-23-35-45)46-36-24-13-25-37-46)54-47(38-40-58-61(5,6)52(2,3)4)48(49(54)55)60-53(41-26-14-8-15-27-41,42-28-16-9-17-29-42)43-30-18-10-19-31-43/h7-37,47-48H,1,38-40H2,2-6H3/t47-,48+/m1/s1. The van der Waals surface area contributed by atoms with E-state index in [-0.39, 0.29) is 17.6 Å². The maximum Gasteiger partial charge on any atom is 0.356 e. The van der Waals surface area contributed by atoms with E-state index in [1.54, 1.807) is 17.8 Å². The average Bonchev–Trinajstić information content (AvgIpc) is 3.29. The third-order valence-corrected chi connectivity index (χ3v) is 22.8. The highest BCUT2D eigenvalue weighted by atomic mass is 32.2. The molecule has 2 atom stereocenters. The largest absolute Gasteiger partial charge is 0.457 e. The van der Waals surface area contributed by atoms with Crippen molar-refractivity contribution in [2.45, 2.75) is 61.4 Å². The Bertz CT molecular complexity index is 2260. The third kappa shape index (κ3) is 8.54. The van der Waals surface area contributed by atoms with Crippen LogP contribution in [0.25, 0.3) is 0 Å². The molecule has 61 heavy (non-hydrogen) atoms. The van der Waals surface area contributed by atoms with Crippen molar-refractivity contribution in [1.82, 2.24) is 4.90 Å². The first kappa shape index (κ1) is 43.9. The van der Waals surface area contributed by atoms with E-state index in [1.807, 2.05) is 77.7 Å². The van der Waals surface area contributed by atoms with Crippen LogP contribution in [0.1, 0.15) is 43.9 Å². The third-order valence-electron chi connectivity index (χ3n) is 12.2. The molecule has 1 amide bonds. The number of rotatable bonds is 16. The van der Waals surface area contributed by atoms with Crippen LogP contribution in [0.4, 0.5) is 0 Å². The summed E-state index contributed by atoms with van der Waals surface area (Å²) in [5.41, 5.74) is 3.56. The lowest BCUT2D eigenvalue weighted by atomic mass is 9.84. The van der Waals surface area contributed by atoms with Gasteiger partial charge in [-0.05, 0) is 57.2 Å². The van der Waals surface area contributed by atoms with Crippen molar-refractivity contribution < 1.29 is 18.8 Å². The Balaban J connectivity index is 1.52. The summed E-state index contributed by atoms with van der Waals surface area (Å²) in [5, 5.41) is 2.27. The molecule has 6 aromatic carbocycles. The van der Waals surface area contributed by atoms with Gasteiger partial charge in [-0.15, -0.1) is 11.8 Å². The first-order chi connectivity index (χ1) is 29.5. The summed E-state index contributed by atoms with van der Waals surface area (Å²) in [6, 6.07) is 61.6. The van der Waals surface area contributed by atoms with Crippen LogP contribution in [0, 0.1) is 0 Å². The highest BCUT2D eigenvalue weighted by Gasteiger charge is 2.57. The minimum absolute atomic E-state index is 0.000800. The van der Waals surface area contributed by atoms with Gasteiger partial charge in [0, 0.05) is 13.5 Å². The molecule has 0 radical (unpaired) electrons. The summed E-state index contributed by atoms with van der Waals surface area (Å²) in [6.07, 6.45) is 2.10. The summed E-state index contributed by atoms with van der Waals surface area (Å²) < 4.78 is 12.3.